The zero-order chi connectivity index (χ0) is 10.3. The van der Waals surface area contributed by atoms with E-state index in [0.29, 0.717) is 0 Å². The quantitative estimate of drug-likeness (QED) is 0.475. The van der Waals surface area contributed by atoms with Crippen molar-refractivity contribution in [2.45, 2.75) is 58.3 Å². The highest BCUT2D eigenvalue weighted by Crippen LogP contribution is 2.51. The van der Waals surface area contributed by atoms with E-state index in [1.54, 1.807) is 0 Å². The van der Waals surface area contributed by atoms with Gasteiger partial charge in [-0.1, -0.05) is 50.8 Å². The molecule has 0 bridgehead atoms. The van der Waals surface area contributed by atoms with Crippen LogP contribution in [0.15, 0.2) is 0 Å². The van der Waals surface area contributed by atoms with Gasteiger partial charge in [-0.3, -0.25) is 0 Å². The fourth-order valence-corrected chi connectivity index (χ4v) is 6.55. The molecule has 1 rings (SSSR count). The van der Waals surface area contributed by atoms with Crippen LogP contribution in [0.4, 0.5) is 0 Å². The second-order valence-corrected chi connectivity index (χ2v) is 10.5. The summed E-state index contributed by atoms with van der Waals surface area (Å²) in [5.74, 6) is 0. The SMILES string of the molecule is CCCCCCCP1(=S)CCCCC1. The largest absolute Gasteiger partial charge is 0.0975 e. The molecule has 1 aliphatic rings. The third-order valence-electron chi connectivity index (χ3n) is 3.30. The average molecular weight is 232 g/mol. The van der Waals surface area contributed by atoms with E-state index >= 15 is 0 Å². The number of hydrogen-bond donors (Lipinski definition) is 0. The molecule has 0 spiro atoms. The lowest BCUT2D eigenvalue weighted by Gasteiger charge is -2.26. The van der Waals surface area contributed by atoms with Gasteiger partial charge in [0.05, 0.1) is 0 Å². The monoisotopic (exact) mass is 232 g/mol. The maximum absolute atomic E-state index is 5.84. The van der Waals surface area contributed by atoms with E-state index in [4.69, 9.17) is 11.8 Å². The first kappa shape index (κ1) is 12.7. The highest BCUT2D eigenvalue weighted by Gasteiger charge is 2.19. The lowest BCUT2D eigenvalue weighted by molar-refractivity contribution is 0.655. The topological polar surface area (TPSA) is 0 Å². The summed E-state index contributed by atoms with van der Waals surface area (Å²) in [5.41, 5.74) is 0. The molecule has 0 radical (unpaired) electrons. The van der Waals surface area contributed by atoms with E-state index in [9.17, 15) is 0 Å². The molecule has 1 heterocycles. The van der Waals surface area contributed by atoms with E-state index < -0.39 is 6.04 Å². The number of rotatable bonds is 6. The van der Waals surface area contributed by atoms with Gasteiger partial charge in [0, 0.05) is 0 Å². The zero-order valence-corrected chi connectivity index (χ0v) is 11.3. The lowest BCUT2D eigenvalue weighted by atomic mass is 10.2. The molecule has 1 fully saturated rings. The standard InChI is InChI=1S/C12H25PS/c1-2-3-4-5-7-10-13(14)11-8-6-9-12-13/h2-12H2,1H3. The molecular formula is C12H25PS. The van der Waals surface area contributed by atoms with Gasteiger partial charge in [0.25, 0.3) is 0 Å². The van der Waals surface area contributed by atoms with Crippen molar-refractivity contribution in [3.63, 3.8) is 0 Å². The summed E-state index contributed by atoms with van der Waals surface area (Å²) in [5, 5.41) is 0. The Morgan fingerprint density at radius 1 is 0.929 bits per heavy atom. The van der Waals surface area contributed by atoms with E-state index in [-0.39, 0.29) is 0 Å². The molecule has 0 aliphatic carbocycles. The van der Waals surface area contributed by atoms with Crippen LogP contribution < -0.4 is 0 Å². The van der Waals surface area contributed by atoms with Gasteiger partial charge in [0.1, 0.15) is 0 Å². The summed E-state index contributed by atoms with van der Waals surface area (Å²) in [6.45, 7) is 2.28. The van der Waals surface area contributed by atoms with Crippen molar-refractivity contribution in [1.82, 2.24) is 0 Å². The van der Waals surface area contributed by atoms with E-state index in [0.717, 1.165) is 0 Å². The Hall–Kier alpha value is 0.650. The summed E-state index contributed by atoms with van der Waals surface area (Å²) in [7, 11) is 0. The summed E-state index contributed by atoms with van der Waals surface area (Å²) in [4.78, 5) is 0. The van der Waals surface area contributed by atoms with Crippen molar-refractivity contribution in [3.8, 4) is 0 Å². The van der Waals surface area contributed by atoms with Crippen LogP contribution in [0.5, 0.6) is 0 Å². The Kier molecular flexibility index (Phi) is 6.37. The third-order valence-corrected chi connectivity index (χ3v) is 8.34. The van der Waals surface area contributed by atoms with Crippen LogP contribution in [0.1, 0.15) is 58.3 Å². The highest BCUT2D eigenvalue weighted by molar-refractivity contribution is 8.14. The fourth-order valence-electron chi connectivity index (χ4n) is 2.32. The van der Waals surface area contributed by atoms with Crippen molar-refractivity contribution in [2.75, 3.05) is 18.5 Å². The molecule has 0 N–H and O–H groups in total. The minimum Gasteiger partial charge on any atom is -0.0975 e. The molecule has 0 saturated carbocycles. The maximum atomic E-state index is 5.84. The van der Waals surface area contributed by atoms with E-state index in [2.05, 4.69) is 6.92 Å². The van der Waals surface area contributed by atoms with Gasteiger partial charge in [0.15, 0.2) is 0 Å². The summed E-state index contributed by atoms with van der Waals surface area (Å²) >= 11 is 5.84. The fraction of sp³-hybridized carbons (Fsp3) is 1.00. The van der Waals surface area contributed by atoms with Crippen LogP contribution >= 0.6 is 6.04 Å². The van der Waals surface area contributed by atoms with Gasteiger partial charge in [0.2, 0.25) is 0 Å². The van der Waals surface area contributed by atoms with Gasteiger partial charge in [-0.25, -0.2) is 0 Å². The molecule has 14 heavy (non-hydrogen) atoms. The average Bonchev–Trinajstić information content (AvgIpc) is 2.18. The van der Waals surface area contributed by atoms with Gasteiger partial charge in [-0.05, 0) is 43.8 Å². The van der Waals surface area contributed by atoms with Crippen molar-refractivity contribution >= 4 is 17.8 Å². The predicted octanol–water partition coefficient (Wildman–Crippen LogP) is 4.62. The van der Waals surface area contributed by atoms with Gasteiger partial charge >= 0.3 is 0 Å². The van der Waals surface area contributed by atoms with E-state index in [1.165, 1.54) is 69.9 Å². The summed E-state index contributed by atoms with van der Waals surface area (Å²) < 4.78 is 0. The van der Waals surface area contributed by atoms with Gasteiger partial charge < -0.3 is 0 Å². The Bertz CT molecular complexity index is 179. The van der Waals surface area contributed by atoms with Crippen molar-refractivity contribution < 1.29 is 0 Å². The molecule has 0 atom stereocenters. The Morgan fingerprint density at radius 3 is 2.21 bits per heavy atom. The van der Waals surface area contributed by atoms with Crippen LogP contribution in [0.3, 0.4) is 0 Å². The van der Waals surface area contributed by atoms with Crippen LogP contribution in [-0.4, -0.2) is 18.5 Å². The second kappa shape index (κ2) is 7.01. The highest BCUT2D eigenvalue weighted by atomic mass is 32.4. The Balaban J connectivity index is 2.07. The maximum Gasteiger partial charge on any atom is -0.0235 e. The van der Waals surface area contributed by atoms with Crippen molar-refractivity contribution in [2.24, 2.45) is 0 Å². The predicted molar refractivity (Wildman–Crippen MR) is 71.5 cm³/mol. The van der Waals surface area contributed by atoms with Crippen LogP contribution in [0, 0.1) is 0 Å². The lowest BCUT2D eigenvalue weighted by Crippen LogP contribution is -2.06. The van der Waals surface area contributed by atoms with E-state index in [1.807, 2.05) is 0 Å². The minimum absolute atomic E-state index is 0.829. The zero-order valence-electron chi connectivity index (χ0n) is 9.63. The molecule has 2 heteroatoms. The van der Waals surface area contributed by atoms with Crippen molar-refractivity contribution in [1.29, 1.82) is 0 Å². The number of hydrogen-bond acceptors (Lipinski definition) is 1. The normalized spacial score (nSPS) is 20.9. The molecule has 0 unspecified atom stereocenters. The smallest absolute Gasteiger partial charge is 0.0235 e. The molecular weight excluding hydrogens is 207 g/mol. The first-order valence-electron chi connectivity index (χ1n) is 6.34. The Morgan fingerprint density at radius 2 is 1.57 bits per heavy atom. The molecule has 0 aromatic rings. The van der Waals surface area contributed by atoms with Crippen LogP contribution in [0.25, 0.3) is 0 Å². The molecule has 1 aliphatic heterocycles. The second-order valence-electron chi connectivity index (χ2n) is 4.70. The molecule has 1 saturated heterocycles. The molecule has 0 aromatic carbocycles. The van der Waals surface area contributed by atoms with Crippen LogP contribution in [-0.2, 0) is 11.8 Å². The van der Waals surface area contributed by atoms with Crippen molar-refractivity contribution in [3.05, 3.63) is 0 Å². The molecule has 84 valence electrons. The third kappa shape index (κ3) is 4.94. The number of unbranched alkanes of at least 4 members (excludes halogenated alkanes) is 4. The Labute approximate surface area is 94.9 Å². The minimum atomic E-state index is -0.829. The van der Waals surface area contributed by atoms with Gasteiger partial charge in [-0.15, -0.1) is 0 Å². The molecule has 0 nitrogen and oxygen atoms in total. The van der Waals surface area contributed by atoms with Gasteiger partial charge in [-0.2, -0.15) is 0 Å². The summed E-state index contributed by atoms with van der Waals surface area (Å²) in [6.07, 6.45) is 15.7. The first-order chi connectivity index (χ1) is 6.77. The molecule has 0 aromatic heterocycles. The van der Waals surface area contributed by atoms with Crippen LogP contribution in [0.2, 0.25) is 0 Å². The first-order valence-corrected chi connectivity index (χ1v) is 9.70. The molecule has 0 amide bonds. The summed E-state index contributed by atoms with van der Waals surface area (Å²) in [6, 6.07) is -0.829.